The van der Waals surface area contributed by atoms with Crippen LogP contribution in [0.1, 0.15) is 92.4 Å². The van der Waals surface area contributed by atoms with Crippen LogP contribution in [0.4, 0.5) is 4.79 Å². The van der Waals surface area contributed by atoms with Gasteiger partial charge in [0.05, 0.1) is 19.8 Å². The van der Waals surface area contributed by atoms with E-state index in [-0.39, 0.29) is 59.1 Å². The first-order chi connectivity index (χ1) is 17.5. The molecule has 0 spiro atoms. The van der Waals surface area contributed by atoms with E-state index in [2.05, 4.69) is 27.7 Å². The number of aliphatic hydroxyl groups excluding tert-OH is 1. The Kier molecular flexibility index (Phi) is 8.33. The van der Waals surface area contributed by atoms with Gasteiger partial charge in [-0.15, -0.1) is 0 Å². The molecule has 4 rings (SSSR count). The smallest absolute Gasteiger partial charge is 0.469 e. The van der Waals surface area contributed by atoms with Gasteiger partial charge >= 0.3 is 12.1 Å². The predicted molar refractivity (Wildman–Crippen MR) is 138 cm³/mol. The molecule has 0 aromatic rings. The summed E-state index contributed by atoms with van der Waals surface area (Å²) in [5.41, 5.74) is -0.277. The molecule has 4 aliphatic carbocycles. The molecule has 0 aliphatic heterocycles. The maximum Gasteiger partial charge on any atom is 0.508 e. The quantitative estimate of drug-likeness (QED) is 0.439. The van der Waals surface area contributed by atoms with E-state index in [1.807, 2.05) is 0 Å². The van der Waals surface area contributed by atoms with Crippen molar-refractivity contribution >= 4 is 17.9 Å². The second kappa shape index (κ2) is 10.9. The van der Waals surface area contributed by atoms with Crippen LogP contribution in [-0.2, 0) is 23.8 Å². The van der Waals surface area contributed by atoms with E-state index in [4.69, 9.17) is 14.2 Å². The number of esters is 1. The SMILES string of the molecule is CCOC(=O)O[C@@H]1CC[C@]2(C)[C@@H]3[C@@H](C(=O)[C@H](CC)[C@@H]2C1)[C@@H]1CC[C@H]([C@H](C)CCC(=O)OC)[C@@]1(C)C[C@@H]3O. The summed E-state index contributed by atoms with van der Waals surface area (Å²) in [5.74, 6) is 0.953. The maximum absolute atomic E-state index is 14.3. The molecule has 4 fully saturated rings. The molecule has 0 saturated heterocycles. The maximum atomic E-state index is 14.3. The second-order valence-electron chi connectivity index (χ2n) is 12.9. The van der Waals surface area contributed by atoms with Crippen molar-refractivity contribution in [2.24, 2.45) is 52.3 Å². The zero-order valence-electron chi connectivity index (χ0n) is 23.7. The molecule has 4 saturated carbocycles. The molecule has 0 radical (unpaired) electrons. The second-order valence-corrected chi connectivity index (χ2v) is 12.9. The highest BCUT2D eigenvalue weighted by Gasteiger charge is 2.67. The summed E-state index contributed by atoms with van der Waals surface area (Å²) >= 11 is 0. The molecule has 210 valence electrons. The first kappa shape index (κ1) is 28.4. The molecule has 0 unspecified atom stereocenters. The molecule has 7 heteroatoms. The largest absolute Gasteiger partial charge is 0.508 e. The number of ketones is 1. The van der Waals surface area contributed by atoms with Crippen molar-refractivity contribution in [2.45, 2.75) is 105 Å². The lowest BCUT2D eigenvalue weighted by molar-refractivity contribution is -0.198. The lowest BCUT2D eigenvalue weighted by Crippen LogP contribution is -2.64. The standard InChI is InChI=1S/C30H48O7/c1-7-19-22-15-18(37-28(34)36-8-2)13-14-29(22,4)26-23(31)16-30(5)20(17(3)9-12-24(32)35-6)10-11-21(30)25(26)27(19)33/h17-23,25-26,31H,7-16H2,1-6H3/t17-,18-,19-,20-,21+,22+,23+,25+,26+,29+,30-/m1/s1. The van der Waals surface area contributed by atoms with E-state index >= 15 is 0 Å². The Morgan fingerprint density at radius 3 is 2.49 bits per heavy atom. The van der Waals surface area contributed by atoms with Crippen LogP contribution in [0.15, 0.2) is 0 Å². The topological polar surface area (TPSA) is 99.1 Å². The van der Waals surface area contributed by atoms with E-state index in [1.165, 1.54) is 7.11 Å². The summed E-state index contributed by atoms with van der Waals surface area (Å²) in [7, 11) is 1.43. The lowest BCUT2D eigenvalue weighted by atomic mass is 9.41. The van der Waals surface area contributed by atoms with Gasteiger partial charge in [-0.25, -0.2) is 4.79 Å². The molecule has 0 bridgehead atoms. The first-order valence-electron chi connectivity index (χ1n) is 14.6. The van der Waals surface area contributed by atoms with Crippen molar-refractivity contribution in [3.8, 4) is 0 Å². The Morgan fingerprint density at radius 2 is 1.84 bits per heavy atom. The van der Waals surface area contributed by atoms with Crippen LogP contribution in [0.2, 0.25) is 0 Å². The van der Waals surface area contributed by atoms with E-state index in [0.29, 0.717) is 36.9 Å². The minimum Gasteiger partial charge on any atom is -0.469 e. The number of Topliss-reactive ketones (excluding diaryl/α,β-unsaturated/α-hetero) is 1. The van der Waals surface area contributed by atoms with Gasteiger partial charge in [0.25, 0.3) is 0 Å². The molecule has 37 heavy (non-hydrogen) atoms. The number of hydrogen-bond acceptors (Lipinski definition) is 7. The van der Waals surface area contributed by atoms with Crippen molar-refractivity contribution in [3.05, 3.63) is 0 Å². The van der Waals surface area contributed by atoms with Crippen LogP contribution in [0.3, 0.4) is 0 Å². The van der Waals surface area contributed by atoms with Crippen LogP contribution in [-0.4, -0.2) is 48.9 Å². The van der Waals surface area contributed by atoms with E-state index < -0.39 is 12.3 Å². The number of aliphatic hydroxyl groups is 1. The number of carbonyl (C=O) groups excluding carboxylic acids is 3. The Bertz CT molecular complexity index is 872. The highest BCUT2D eigenvalue weighted by atomic mass is 16.7. The predicted octanol–water partition coefficient (Wildman–Crippen LogP) is 5.56. The van der Waals surface area contributed by atoms with Gasteiger partial charge in [-0.05, 0) is 92.8 Å². The monoisotopic (exact) mass is 520 g/mol. The zero-order valence-corrected chi connectivity index (χ0v) is 23.7. The van der Waals surface area contributed by atoms with Gasteiger partial charge in [0.1, 0.15) is 11.9 Å². The molecule has 0 heterocycles. The van der Waals surface area contributed by atoms with E-state index in [0.717, 1.165) is 38.5 Å². The van der Waals surface area contributed by atoms with Crippen LogP contribution in [0.25, 0.3) is 0 Å². The first-order valence-corrected chi connectivity index (χ1v) is 14.6. The number of methoxy groups -OCH3 is 1. The fraction of sp³-hybridized carbons (Fsp3) is 0.900. The highest BCUT2D eigenvalue weighted by molar-refractivity contribution is 5.86. The number of ether oxygens (including phenoxy) is 3. The van der Waals surface area contributed by atoms with E-state index in [9.17, 15) is 19.5 Å². The fourth-order valence-corrected chi connectivity index (χ4v) is 9.75. The van der Waals surface area contributed by atoms with Crippen molar-refractivity contribution < 1.29 is 33.7 Å². The van der Waals surface area contributed by atoms with Crippen molar-refractivity contribution in [2.75, 3.05) is 13.7 Å². The summed E-state index contributed by atoms with van der Waals surface area (Å²) in [6.45, 7) is 11.0. The van der Waals surface area contributed by atoms with Crippen LogP contribution in [0, 0.1) is 52.3 Å². The fourth-order valence-electron chi connectivity index (χ4n) is 9.75. The zero-order chi connectivity index (χ0) is 27.1. The molecule has 4 aliphatic rings. The molecule has 0 aromatic heterocycles. The van der Waals surface area contributed by atoms with Crippen LogP contribution in [0.5, 0.6) is 0 Å². The third-order valence-electron chi connectivity index (χ3n) is 11.4. The van der Waals surface area contributed by atoms with Gasteiger partial charge in [-0.2, -0.15) is 0 Å². The molecular formula is C30H48O7. The van der Waals surface area contributed by atoms with Gasteiger partial charge in [0.15, 0.2) is 0 Å². The van der Waals surface area contributed by atoms with E-state index in [1.54, 1.807) is 6.92 Å². The summed E-state index contributed by atoms with van der Waals surface area (Å²) in [4.78, 5) is 38.1. The van der Waals surface area contributed by atoms with Crippen LogP contribution >= 0.6 is 0 Å². The number of hydrogen-bond donors (Lipinski definition) is 1. The van der Waals surface area contributed by atoms with Gasteiger partial charge in [-0.3, -0.25) is 9.59 Å². The summed E-state index contributed by atoms with van der Waals surface area (Å²) in [6.07, 6.45) is 5.55. The normalized spacial score (nSPS) is 43.7. The summed E-state index contributed by atoms with van der Waals surface area (Å²) in [5, 5.41) is 11.8. The van der Waals surface area contributed by atoms with Gasteiger partial charge < -0.3 is 19.3 Å². The van der Waals surface area contributed by atoms with Crippen molar-refractivity contribution in [1.29, 1.82) is 0 Å². The Morgan fingerprint density at radius 1 is 1.11 bits per heavy atom. The van der Waals surface area contributed by atoms with Gasteiger partial charge in [0, 0.05) is 24.2 Å². The minimum absolute atomic E-state index is 0.0569. The molecule has 7 nitrogen and oxygen atoms in total. The van der Waals surface area contributed by atoms with Crippen molar-refractivity contribution in [1.82, 2.24) is 0 Å². The molecule has 11 atom stereocenters. The summed E-state index contributed by atoms with van der Waals surface area (Å²) < 4.78 is 15.5. The number of carbonyl (C=O) groups is 3. The molecular weight excluding hydrogens is 472 g/mol. The third-order valence-corrected chi connectivity index (χ3v) is 11.4. The lowest BCUT2D eigenvalue weighted by Gasteiger charge is -2.63. The highest BCUT2D eigenvalue weighted by Crippen LogP contribution is 2.68. The minimum atomic E-state index is -0.629. The third kappa shape index (κ3) is 4.83. The van der Waals surface area contributed by atoms with Gasteiger partial charge in [-0.1, -0.05) is 27.7 Å². The number of rotatable bonds is 7. The average molecular weight is 521 g/mol. The Hall–Kier alpha value is -1.63. The molecule has 0 amide bonds. The number of fused-ring (bicyclic) bond motifs is 5. The van der Waals surface area contributed by atoms with Crippen LogP contribution < -0.4 is 0 Å². The molecule has 1 N–H and O–H groups in total. The Balaban J connectivity index is 1.59. The summed E-state index contributed by atoms with van der Waals surface area (Å²) in [6, 6.07) is 0. The van der Waals surface area contributed by atoms with Crippen molar-refractivity contribution in [3.63, 3.8) is 0 Å². The Labute approximate surface area is 222 Å². The molecule has 0 aromatic carbocycles. The van der Waals surface area contributed by atoms with Gasteiger partial charge in [0.2, 0.25) is 0 Å². The average Bonchev–Trinajstić information content (AvgIpc) is 3.19.